The predicted molar refractivity (Wildman–Crippen MR) is 396 cm³/mol. The summed E-state index contributed by atoms with van der Waals surface area (Å²) in [5.74, 6) is -0.158. The maximum absolute atomic E-state index is 13.5. The first-order valence-electron chi connectivity index (χ1n) is 35.3. The average molecular weight is 1590 g/mol. The lowest BCUT2D eigenvalue weighted by atomic mass is 9.90. The summed E-state index contributed by atoms with van der Waals surface area (Å²) in [7, 11) is -9.76. The van der Waals surface area contributed by atoms with E-state index in [-0.39, 0.29) is 80.1 Å². The van der Waals surface area contributed by atoms with Crippen molar-refractivity contribution in [1.29, 1.82) is 0 Å². The molecule has 3 saturated heterocycles. The number of rotatable bonds is 26. The van der Waals surface area contributed by atoms with E-state index < -0.39 is 71.8 Å². The van der Waals surface area contributed by atoms with Crippen LogP contribution in [0, 0.1) is 45.6 Å². The Hall–Kier alpha value is -8.16. The third-order valence-corrected chi connectivity index (χ3v) is 27.3. The van der Waals surface area contributed by atoms with Crippen molar-refractivity contribution < 1.29 is 73.1 Å². The van der Waals surface area contributed by atoms with E-state index >= 15 is 0 Å². The predicted octanol–water partition coefficient (Wildman–Crippen LogP) is 13.9. The van der Waals surface area contributed by atoms with E-state index in [1.54, 1.807) is 10.7 Å². The van der Waals surface area contributed by atoms with Crippen LogP contribution < -0.4 is 5.73 Å². The third kappa shape index (κ3) is 19.8. The highest BCUT2D eigenvalue weighted by atomic mass is 32.2. The van der Waals surface area contributed by atoms with Gasteiger partial charge in [0.2, 0.25) is 0 Å². The molecule has 568 valence electrons. The topological polar surface area (TPSA) is 373 Å². The van der Waals surface area contributed by atoms with Gasteiger partial charge in [0.25, 0.3) is 0 Å². The number of nitrogens with two attached hydrogens (primary N) is 1. The van der Waals surface area contributed by atoms with Crippen LogP contribution in [0.1, 0.15) is 145 Å². The number of azide groups is 1. The lowest BCUT2D eigenvalue weighted by Crippen LogP contribution is -2.27. The number of nitrogens with zero attached hydrogens (tertiary/aromatic N) is 13. The van der Waals surface area contributed by atoms with Gasteiger partial charge in [-0.05, 0) is 192 Å². The van der Waals surface area contributed by atoms with Crippen molar-refractivity contribution >= 4 is 128 Å². The molecule has 15 rings (SSSR count). The Kier molecular flexibility index (Phi) is 25.1. The van der Waals surface area contributed by atoms with Gasteiger partial charge in [-0.1, -0.05) is 34.0 Å². The Morgan fingerprint density at radius 1 is 0.579 bits per heavy atom. The first-order valence-corrected chi connectivity index (χ1v) is 43.4. The van der Waals surface area contributed by atoms with Gasteiger partial charge in [0, 0.05) is 66.4 Å². The van der Waals surface area contributed by atoms with Gasteiger partial charge in [0.15, 0.2) is 65.4 Å². The molecular formula is C71H80F3N14O13PS5. The molecule has 0 amide bonds. The molecular weight excluding hydrogens is 1510 g/mol. The monoisotopic (exact) mass is 1580 g/mol. The number of anilines is 1. The zero-order valence-electron chi connectivity index (χ0n) is 58.7. The van der Waals surface area contributed by atoms with Crippen molar-refractivity contribution in [3.8, 4) is 0 Å². The Labute approximate surface area is 626 Å². The smallest absolute Gasteiger partial charge is 0.335 e. The molecule has 9 heterocycles. The second kappa shape index (κ2) is 34.2. The SMILES string of the molecule is CP(C)(=O)N=[N+]=[N-].Nc1cc(CC2CC2)c2cnn(C(CC3CCOCC3)C(=O)Cc3ncc(F)s3)c2c1.O=C(O)c1cc(S(=O)(=O)C2CC2)c2cnn(C(CC3CCOCC3)C(=O)Cc3ncc(F)s3)c2c1.[C-]#[N+]c1cc(S(=O)(=O)C2CC2)c2cnn(C(CC3CCOCC3)C(=O)Cc3ncc(F)s3)c2c1. The van der Waals surface area contributed by atoms with Crippen molar-refractivity contribution in [1.82, 2.24) is 44.3 Å². The number of fused-ring (bicyclic) bond motifs is 3. The lowest BCUT2D eigenvalue weighted by Gasteiger charge is -2.26. The quantitative estimate of drug-likeness (QED) is 0.0127. The van der Waals surface area contributed by atoms with Crippen LogP contribution in [0.25, 0.3) is 48.0 Å². The van der Waals surface area contributed by atoms with E-state index in [2.05, 4.69) is 44.9 Å². The van der Waals surface area contributed by atoms with Gasteiger partial charge in [0.05, 0.1) is 105 Å². The molecule has 3 aromatic carbocycles. The highest BCUT2D eigenvalue weighted by Gasteiger charge is 2.41. The summed E-state index contributed by atoms with van der Waals surface area (Å²) in [6, 6.07) is 7.60. The molecule has 3 N–H and O–H groups in total. The van der Waals surface area contributed by atoms with E-state index in [1.807, 2.05) is 23.0 Å². The molecule has 3 aliphatic heterocycles. The maximum Gasteiger partial charge on any atom is 0.335 e. The fourth-order valence-electron chi connectivity index (χ4n) is 13.8. The van der Waals surface area contributed by atoms with Gasteiger partial charge in [-0.15, -0.1) is 0 Å². The highest BCUT2D eigenvalue weighted by Crippen LogP contribution is 2.43. The van der Waals surface area contributed by atoms with Gasteiger partial charge >= 0.3 is 5.97 Å². The number of nitrogen functional groups attached to an aromatic ring is 1. The fraction of sp³-hybridized carbons (Fsp3) is 0.507. The number of benzene rings is 3. The Morgan fingerprint density at radius 2 is 0.963 bits per heavy atom. The van der Waals surface area contributed by atoms with Crippen LogP contribution in [-0.2, 0) is 78.5 Å². The minimum atomic E-state index is -3.72. The molecule has 3 atom stereocenters. The van der Waals surface area contributed by atoms with Gasteiger partial charge in [-0.25, -0.2) is 41.4 Å². The first-order chi connectivity index (χ1) is 51.2. The number of carbonyl (C=O) groups is 4. The second-order valence-corrected chi connectivity index (χ2v) is 38.6. The number of sulfone groups is 2. The molecule has 36 heteroatoms. The molecule has 6 aromatic heterocycles. The molecule has 107 heavy (non-hydrogen) atoms. The molecule has 27 nitrogen and oxygen atoms in total. The summed E-state index contributed by atoms with van der Waals surface area (Å²) in [6.45, 7) is 14.2. The zero-order valence-corrected chi connectivity index (χ0v) is 63.6. The van der Waals surface area contributed by atoms with Crippen LogP contribution in [-0.4, -0.2) is 153 Å². The van der Waals surface area contributed by atoms with Gasteiger partial charge in [-0.2, -0.15) is 28.5 Å². The number of thiazole rings is 3. The summed E-state index contributed by atoms with van der Waals surface area (Å²) in [5, 5.41) is 24.0. The number of Topliss-reactive ketones (excluding diaryl/α,β-unsaturated/α-hetero) is 3. The van der Waals surface area contributed by atoms with Crippen LogP contribution >= 0.6 is 41.3 Å². The number of ether oxygens (including phenoxy) is 3. The number of carboxylic acid groups (broad SMARTS) is 1. The summed E-state index contributed by atoms with van der Waals surface area (Å²) in [4.78, 5) is 73.1. The average Bonchev–Trinajstić information content (AvgIpc) is 1.62. The summed E-state index contributed by atoms with van der Waals surface area (Å²) >= 11 is 2.56. The van der Waals surface area contributed by atoms with Crippen LogP contribution in [0.2, 0.25) is 0 Å². The van der Waals surface area contributed by atoms with Crippen molar-refractivity contribution in [3.05, 3.63) is 137 Å². The number of ketones is 3. The number of carbonyl (C=O) groups excluding carboxylic acids is 3. The molecule has 6 fully saturated rings. The van der Waals surface area contributed by atoms with Crippen LogP contribution in [0.5, 0.6) is 0 Å². The molecule has 3 aliphatic carbocycles. The van der Waals surface area contributed by atoms with Crippen LogP contribution in [0.4, 0.5) is 24.5 Å². The third-order valence-electron chi connectivity index (χ3n) is 19.8. The Balaban J connectivity index is 0.000000144. The standard InChI is InChI=1S/C23H23FN4O4S2.C23H27FN4O2S.C23H24FN3O6S2.C2H6N3OP/c1-25-15-9-18-17(21(10-15)34(30,31)16-2-3-16)12-27-28(18)19(8-14-4-6-32-7-5-14)20(29)11-23-26-13-22(24)33-23;24-22-13-26-23(31-22)11-21(29)20(8-15-3-5-30-6-4-15)28-19-10-17(25)9-16(7-14-1-2-14)18(19)12-27-28;24-21-12-25-22(34-21)10-19(28)18(7-13-3-5-33-6-4-13)27-17-8-14(23(29)30)9-20(16(17)11-26-27)35(31,32)15-1-2-15;1-7(2,6)5-4-3/h9-10,12-14,16,19H,2-8,11H2;9-10,12-15,20H,1-8,11,25H2;8-9,11-13,15,18H,1-7,10H2,(H,29,30);1-2H3. The second-order valence-electron chi connectivity index (χ2n) is 28.2. The van der Waals surface area contributed by atoms with E-state index in [0.717, 1.165) is 121 Å². The van der Waals surface area contributed by atoms with E-state index in [1.165, 1.54) is 73.2 Å². The highest BCUT2D eigenvalue weighted by molar-refractivity contribution is 7.92. The van der Waals surface area contributed by atoms with E-state index in [0.29, 0.717) is 114 Å². The van der Waals surface area contributed by atoms with Crippen molar-refractivity contribution in [2.24, 2.45) is 28.6 Å². The molecule has 0 radical (unpaired) electrons. The van der Waals surface area contributed by atoms with Crippen LogP contribution in [0.15, 0.2) is 88.3 Å². The summed E-state index contributed by atoms with van der Waals surface area (Å²) in [6.07, 6.45) is 20.5. The summed E-state index contributed by atoms with van der Waals surface area (Å²) in [5.41, 5.74) is 17.5. The number of aromatic carboxylic acids is 1. The Bertz CT molecular complexity index is 5150. The number of hydrogen-bond acceptors (Lipinski definition) is 22. The van der Waals surface area contributed by atoms with E-state index in [9.17, 15) is 58.9 Å². The van der Waals surface area contributed by atoms with Crippen molar-refractivity contribution in [3.63, 3.8) is 0 Å². The molecule has 0 spiro atoms. The van der Waals surface area contributed by atoms with E-state index in [4.69, 9.17) is 32.0 Å². The maximum atomic E-state index is 13.5. The number of halogens is 3. The zero-order chi connectivity index (χ0) is 75.9. The molecule has 0 bridgehead atoms. The lowest BCUT2D eigenvalue weighted by molar-refractivity contribution is -0.123. The Morgan fingerprint density at radius 3 is 1.30 bits per heavy atom. The van der Waals surface area contributed by atoms with Crippen LogP contribution in [0.3, 0.4) is 0 Å². The molecule has 6 aliphatic rings. The van der Waals surface area contributed by atoms with Gasteiger partial charge in [-0.3, -0.25) is 28.4 Å². The number of carboxylic acids is 1. The normalized spacial score (nSPS) is 17.7. The van der Waals surface area contributed by atoms with Gasteiger partial charge in [0.1, 0.15) is 33.1 Å². The number of hydrogen-bond donors (Lipinski definition) is 2. The molecule has 3 saturated carbocycles. The largest absolute Gasteiger partial charge is 0.478 e. The van der Waals surface area contributed by atoms with Crippen molar-refractivity contribution in [2.45, 2.75) is 160 Å². The van der Waals surface area contributed by atoms with Gasteiger partial charge < -0.3 is 29.6 Å². The summed E-state index contributed by atoms with van der Waals surface area (Å²) < 4.78 is 124. The fourth-order valence-corrected chi connectivity index (χ4v) is 19.7. The van der Waals surface area contributed by atoms with Crippen molar-refractivity contribution in [2.75, 3.05) is 58.7 Å². The minimum Gasteiger partial charge on any atom is -0.478 e. The molecule has 3 unspecified atom stereocenters. The number of aromatic nitrogens is 9. The first kappa shape index (κ1) is 78.4. The molecule has 9 aromatic rings. The minimum absolute atomic E-state index is 0.0111.